The Kier molecular flexibility index (Phi) is 12.0. The van der Waals surface area contributed by atoms with Crippen LogP contribution in [0.25, 0.3) is 0 Å². The van der Waals surface area contributed by atoms with Gasteiger partial charge in [0.15, 0.2) is 0 Å². The summed E-state index contributed by atoms with van der Waals surface area (Å²) < 4.78 is 0. The first-order chi connectivity index (χ1) is 11.6. The maximum Gasteiger partial charge on any atom is 4.00 e. The SMILES string of the molecule is CC1=[C-]C(C)([Si](c2cc(C)cc(C)c2)(C(C)(C)C)C(C)(C)C)C(C)=C1C.[CH3-].[CH3-].[CH3-].[Ti+4]. The summed E-state index contributed by atoms with van der Waals surface area (Å²) in [5.74, 6) is 0. The van der Waals surface area contributed by atoms with E-state index in [1.54, 1.807) is 5.19 Å². The molecule has 0 amide bonds. The summed E-state index contributed by atoms with van der Waals surface area (Å²) >= 11 is 0. The smallest absolute Gasteiger partial charge is 0.358 e. The molecule has 1 aromatic carbocycles. The number of hydrogen-bond acceptors (Lipinski definition) is 0. The predicted octanol–water partition coefficient (Wildman–Crippen LogP) is 8.77. The standard InChI is InChI=1S/C25H39Si.3CH3.Ti/c1-17-13-18(2)15-22(14-17)26(23(6,7)8,24(9,10)11)25(12)16-19(3)20(4)21(25)5;;;;/h13-15H,1-12H3;3*1H3;/q4*-1;+4. The van der Waals surface area contributed by atoms with E-state index in [0.29, 0.717) is 0 Å². The van der Waals surface area contributed by atoms with Crippen molar-refractivity contribution in [1.29, 1.82) is 0 Å². The van der Waals surface area contributed by atoms with Crippen LogP contribution in [0.3, 0.4) is 0 Å². The maximum atomic E-state index is 4.03. The molecule has 0 heterocycles. The average molecular weight is 461 g/mol. The second kappa shape index (κ2) is 10.5. The molecule has 1 aromatic rings. The summed E-state index contributed by atoms with van der Waals surface area (Å²) in [4.78, 5) is 0. The fourth-order valence-electron chi connectivity index (χ4n) is 6.56. The van der Waals surface area contributed by atoms with Gasteiger partial charge in [-0.05, 0) is 23.9 Å². The summed E-state index contributed by atoms with van der Waals surface area (Å²) in [6.45, 7) is 28.7. The minimum Gasteiger partial charge on any atom is -0.358 e. The molecule has 30 heavy (non-hydrogen) atoms. The summed E-state index contributed by atoms with van der Waals surface area (Å²) in [6, 6.07) is 7.28. The molecule has 0 nitrogen and oxygen atoms in total. The summed E-state index contributed by atoms with van der Waals surface area (Å²) in [5.41, 5.74) is 7.09. The molecule has 0 saturated carbocycles. The van der Waals surface area contributed by atoms with Crippen LogP contribution in [0.5, 0.6) is 0 Å². The molecule has 0 aliphatic heterocycles. The van der Waals surface area contributed by atoms with Crippen molar-refractivity contribution >= 4 is 13.3 Å². The molecule has 0 spiro atoms. The van der Waals surface area contributed by atoms with Crippen molar-refractivity contribution in [3.05, 3.63) is 74.4 Å². The summed E-state index contributed by atoms with van der Waals surface area (Å²) in [5, 5.41) is 1.98. The average Bonchev–Trinajstić information content (AvgIpc) is 2.59. The molecule has 1 aliphatic rings. The van der Waals surface area contributed by atoms with E-state index in [4.69, 9.17) is 0 Å². The van der Waals surface area contributed by atoms with Crippen molar-refractivity contribution in [2.24, 2.45) is 0 Å². The van der Waals surface area contributed by atoms with Gasteiger partial charge in [-0.2, -0.15) is 11.1 Å². The molecule has 0 N–H and O–H groups in total. The Morgan fingerprint density at radius 2 is 1.10 bits per heavy atom. The Hall–Kier alpha value is -0.369. The van der Waals surface area contributed by atoms with Crippen LogP contribution >= 0.6 is 0 Å². The molecule has 2 rings (SSSR count). The van der Waals surface area contributed by atoms with Gasteiger partial charge in [0.2, 0.25) is 0 Å². The Labute approximate surface area is 206 Å². The minimum absolute atomic E-state index is 0. The number of allylic oxidation sites excluding steroid dienone is 4. The third kappa shape index (κ3) is 4.84. The third-order valence-electron chi connectivity index (χ3n) is 6.97. The van der Waals surface area contributed by atoms with Crippen LogP contribution in [0.15, 0.2) is 34.9 Å². The van der Waals surface area contributed by atoms with Crippen molar-refractivity contribution in [2.75, 3.05) is 0 Å². The van der Waals surface area contributed by atoms with E-state index >= 15 is 0 Å². The zero-order chi connectivity index (χ0) is 20.3. The molecule has 2 heteroatoms. The van der Waals surface area contributed by atoms with E-state index in [0.717, 1.165) is 0 Å². The molecule has 1 atom stereocenters. The quantitative estimate of drug-likeness (QED) is 0.306. The Bertz CT molecular complexity index is 750. The second-order valence-corrected chi connectivity index (χ2v) is 16.8. The molecule has 1 aliphatic carbocycles. The van der Waals surface area contributed by atoms with E-state index in [2.05, 4.69) is 107 Å². The molecule has 0 aromatic heterocycles. The topological polar surface area (TPSA) is 0 Å². The van der Waals surface area contributed by atoms with Crippen LogP contribution in [-0.2, 0) is 21.7 Å². The van der Waals surface area contributed by atoms with Gasteiger partial charge in [-0.1, -0.05) is 102 Å². The summed E-state index contributed by atoms with van der Waals surface area (Å²) in [7, 11) is -2.17. The van der Waals surface area contributed by atoms with Gasteiger partial charge in [-0.25, -0.2) is 5.57 Å². The van der Waals surface area contributed by atoms with E-state index in [-0.39, 0.29) is 59.1 Å². The number of aryl methyl sites for hydroxylation is 2. The molecule has 0 bridgehead atoms. The van der Waals surface area contributed by atoms with Crippen LogP contribution < -0.4 is 5.19 Å². The summed E-state index contributed by atoms with van der Waals surface area (Å²) in [6.07, 6.45) is 4.03. The second-order valence-electron chi connectivity index (χ2n) is 10.8. The molecular formula is C28H48SiTi. The van der Waals surface area contributed by atoms with E-state index in [1.165, 1.54) is 27.8 Å². The first kappa shape index (κ1) is 34.2. The fourth-order valence-corrected chi connectivity index (χ4v) is 16.1. The van der Waals surface area contributed by atoms with Gasteiger partial charge < -0.3 is 22.3 Å². The van der Waals surface area contributed by atoms with Crippen LogP contribution in [0.4, 0.5) is 0 Å². The predicted molar refractivity (Wildman–Crippen MR) is 139 cm³/mol. The Morgan fingerprint density at radius 3 is 1.37 bits per heavy atom. The van der Waals surface area contributed by atoms with Crippen molar-refractivity contribution in [3.63, 3.8) is 0 Å². The van der Waals surface area contributed by atoms with Crippen LogP contribution in [0.1, 0.15) is 80.4 Å². The first-order valence-electron chi connectivity index (χ1n) is 9.98. The zero-order valence-electron chi connectivity index (χ0n) is 22.7. The normalized spacial score (nSPS) is 19.1. The number of benzene rings is 1. The minimum atomic E-state index is -2.17. The van der Waals surface area contributed by atoms with Gasteiger partial charge in [-0.3, -0.25) is 6.08 Å². The molecule has 0 saturated heterocycles. The Balaban J connectivity index is -0.00000182. The maximum absolute atomic E-state index is 4.03. The van der Waals surface area contributed by atoms with Gasteiger partial charge in [0, 0.05) is 0 Å². The van der Waals surface area contributed by atoms with Crippen molar-refractivity contribution < 1.29 is 21.7 Å². The van der Waals surface area contributed by atoms with Crippen molar-refractivity contribution in [3.8, 4) is 0 Å². The van der Waals surface area contributed by atoms with E-state index in [1.807, 2.05) is 0 Å². The molecule has 1 unspecified atom stereocenters. The van der Waals surface area contributed by atoms with Gasteiger partial charge >= 0.3 is 21.7 Å². The van der Waals surface area contributed by atoms with Crippen LogP contribution in [0.2, 0.25) is 15.1 Å². The number of hydrogen-bond donors (Lipinski definition) is 0. The van der Waals surface area contributed by atoms with Gasteiger partial charge in [-0.15, -0.1) is 6.92 Å². The van der Waals surface area contributed by atoms with E-state index in [9.17, 15) is 0 Å². The zero-order valence-corrected chi connectivity index (χ0v) is 25.3. The Morgan fingerprint density at radius 1 is 0.733 bits per heavy atom. The van der Waals surface area contributed by atoms with Crippen LogP contribution in [-0.4, -0.2) is 8.07 Å². The monoisotopic (exact) mass is 460 g/mol. The van der Waals surface area contributed by atoms with E-state index < -0.39 is 8.07 Å². The van der Waals surface area contributed by atoms with Gasteiger partial charge in [0.1, 0.15) is 0 Å². The first-order valence-corrected chi connectivity index (χ1v) is 12.0. The molecule has 0 fully saturated rings. The third-order valence-corrected chi connectivity index (χ3v) is 14.6. The number of rotatable bonds is 2. The van der Waals surface area contributed by atoms with Crippen molar-refractivity contribution in [2.45, 2.75) is 98.2 Å². The van der Waals surface area contributed by atoms with Gasteiger partial charge in [0.05, 0.1) is 8.07 Å². The fraction of sp³-hybridized carbons (Fsp3) is 0.536. The van der Waals surface area contributed by atoms with Crippen molar-refractivity contribution in [1.82, 2.24) is 0 Å². The van der Waals surface area contributed by atoms with Crippen LogP contribution in [0, 0.1) is 42.2 Å². The van der Waals surface area contributed by atoms with Gasteiger partial charge in [0.25, 0.3) is 0 Å². The molecular weight excluding hydrogens is 412 g/mol. The largest absolute Gasteiger partial charge is 4.00 e. The molecule has 168 valence electrons. The molecule has 0 radical (unpaired) electrons.